The van der Waals surface area contributed by atoms with E-state index < -0.39 is 61.4 Å². The molecule has 35 heavy (non-hydrogen) atoms. The molecule has 11 atom stereocenters. The molecular formula is C24H38O11. The monoisotopic (exact) mass is 502 g/mol. The van der Waals surface area contributed by atoms with Crippen LogP contribution in [0.1, 0.15) is 34.1 Å². The van der Waals surface area contributed by atoms with Crippen LogP contribution in [0.2, 0.25) is 0 Å². The van der Waals surface area contributed by atoms with Gasteiger partial charge in [0.2, 0.25) is 0 Å². The average molecular weight is 503 g/mol. The summed E-state index contributed by atoms with van der Waals surface area (Å²) in [5.41, 5.74) is 0.689. The fraction of sp³-hybridized carbons (Fsp3) is 0.792. The van der Waals surface area contributed by atoms with Gasteiger partial charge in [-0.25, -0.2) is 0 Å². The van der Waals surface area contributed by atoms with Crippen LogP contribution in [-0.2, 0) is 23.7 Å². The summed E-state index contributed by atoms with van der Waals surface area (Å²) in [6.45, 7) is 7.06. The van der Waals surface area contributed by atoms with Gasteiger partial charge in [-0.2, -0.15) is 0 Å². The Kier molecular flexibility index (Phi) is 9.25. The molecule has 0 spiro atoms. The van der Waals surface area contributed by atoms with Crippen LogP contribution in [0.4, 0.5) is 0 Å². The largest absolute Gasteiger partial charge is 0.388 e. The van der Waals surface area contributed by atoms with E-state index in [0.29, 0.717) is 6.42 Å². The maximum atomic E-state index is 11.9. The van der Waals surface area contributed by atoms with Crippen LogP contribution in [-0.4, -0.2) is 111 Å². The molecule has 2 heterocycles. The van der Waals surface area contributed by atoms with Crippen LogP contribution >= 0.6 is 0 Å². The minimum Gasteiger partial charge on any atom is -0.388 e. The SMILES string of the molecule is CC1=CC(=O)CC(C)(C)[C@H]1/C=C/[C@H](C)O[C@@H]1O[C@@H](CO[C@@H]2OC[C@@H](O)[C@H](O)[C@@H]2O)[C@@H](O)[C@H](O)[C@@H]1O. The van der Waals surface area contributed by atoms with Gasteiger partial charge in [-0.05, 0) is 25.3 Å². The maximum absolute atomic E-state index is 11.9. The van der Waals surface area contributed by atoms with Crippen molar-refractivity contribution in [3.05, 3.63) is 23.8 Å². The zero-order valence-electron chi connectivity index (χ0n) is 20.4. The third kappa shape index (κ3) is 6.55. The van der Waals surface area contributed by atoms with Crippen LogP contribution < -0.4 is 0 Å². The molecular weight excluding hydrogens is 464 g/mol. The topological polar surface area (TPSA) is 175 Å². The summed E-state index contributed by atoms with van der Waals surface area (Å²) < 4.78 is 22.0. The fourth-order valence-corrected chi connectivity index (χ4v) is 4.79. The molecule has 3 rings (SSSR count). The van der Waals surface area contributed by atoms with Gasteiger partial charge in [-0.15, -0.1) is 0 Å². The number of aliphatic hydroxyl groups excluding tert-OH is 6. The third-order valence-corrected chi connectivity index (χ3v) is 6.82. The Morgan fingerprint density at radius 2 is 1.71 bits per heavy atom. The molecule has 0 saturated carbocycles. The Labute approximate surface area is 204 Å². The first kappa shape index (κ1) is 28.3. The predicted octanol–water partition coefficient (Wildman–Crippen LogP) is -1.23. The van der Waals surface area contributed by atoms with E-state index >= 15 is 0 Å². The second-order valence-electron chi connectivity index (χ2n) is 10.3. The molecule has 11 heteroatoms. The molecule has 0 aromatic rings. The zero-order valence-corrected chi connectivity index (χ0v) is 20.4. The second-order valence-corrected chi connectivity index (χ2v) is 10.3. The van der Waals surface area contributed by atoms with E-state index in [2.05, 4.69) is 0 Å². The van der Waals surface area contributed by atoms with Crippen molar-refractivity contribution in [3.8, 4) is 0 Å². The van der Waals surface area contributed by atoms with Gasteiger partial charge in [0.25, 0.3) is 0 Å². The molecule has 2 aliphatic heterocycles. The van der Waals surface area contributed by atoms with Crippen molar-refractivity contribution in [1.29, 1.82) is 0 Å². The highest BCUT2D eigenvalue weighted by Crippen LogP contribution is 2.40. The van der Waals surface area contributed by atoms with Gasteiger partial charge in [0.1, 0.15) is 42.7 Å². The van der Waals surface area contributed by atoms with Gasteiger partial charge >= 0.3 is 0 Å². The Bertz CT molecular complexity index is 796. The lowest BCUT2D eigenvalue weighted by atomic mass is 9.68. The van der Waals surface area contributed by atoms with Crippen molar-refractivity contribution in [1.82, 2.24) is 0 Å². The highest BCUT2D eigenvalue weighted by molar-refractivity contribution is 5.92. The maximum Gasteiger partial charge on any atom is 0.187 e. The molecule has 11 nitrogen and oxygen atoms in total. The van der Waals surface area contributed by atoms with Crippen molar-refractivity contribution in [2.75, 3.05) is 13.2 Å². The van der Waals surface area contributed by atoms with Crippen molar-refractivity contribution < 1.29 is 54.4 Å². The molecule has 2 fully saturated rings. The highest BCUT2D eigenvalue weighted by atomic mass is 16.7. The van der Waals surface area contributed by atoms with E-state index in [0.717, 1.165) is 5.57 Å². The Morgan fingerprint density at radius 3 is 2.37 bits per heavy atom. The van der Waals surface area contributed by atoms with E-state index in [1.807, 2.05) is 26.8 Å². The minimum absolute atomic E-state index is 0.0211. The van der Waals surface area contributed by atoms with Crippen molar-refractivity contribution >= 4 is 5.78 Å². The van der Waals surface area contributed by atoms with Gasteiger partial charge in [-0.3, -0.25) is 4.79 Å². The summed E-state index contributed by atoms with van der Waals surface area (Å²) >= 11 is 0. The van der Waals surface area contributed by atoms with Crippen molar-refractivity contribution in [2.24, 2.45) is 11.3 Å². The van der Waals surface area contributed by atoms with Crippen LogP contribution in [0.15, 0.2) is 23.8 Å². The van der Waals surface area contributed by atoms with Crippen LogP contribution in [0.25, 0.3) is 0 Å². The average Bonchev–Trinajstić information content (AvgIpc) is 2.76. The minimum atomic E-state index is -1.59. The molecule has 200 valence electrons. The van der Waals surface area contributed by atoms with Crippen molar-refractivity contribution in [2.45, 2.75) is 95.5 Å². The summed E-state index contributed by atoms with van der Waals surface area (Å²) in [6, 6.07) is 0. The number of ketones is 1. The van der Waals surface area contributed by atoms with Gasteiger partial charge in [0, 0.05) is 12.3 Å². The van der Waals surface area contributed by atoms with Crippen molar-refractivity contribution in [3.63, 3.8) is 0 Å². The quantitative estimate of drug-likeness (QED) is 0.230. The summed E-state index contributed by atoms with van der Waals surface area (Å²) in [5, 5.41) is 60.3. The van der Waals surface area contributed by atoms with Gasteiger partial charge < -0.3 is 49.6 Å². The first-order valence-corrected chi connectivity index (χ1v) is 11.8. The normalized spacial score (nSPS) is 43.3. The molecule has 0 unspecified atom stereocenters. The zero-order chi connectivity index (χ0) is 26.1. The Morgan fingerprint density at radius 1 is 1.06 bits per heavy atom. The van der Waals surface area contributed by atoms with Gasteiger partial charge in [0.05, 0.1) is 19.3 Å². The number of carbonyl (C=O) groups is 1. The Hall–Kier alpha value is -1.25. The number of carbonyl (C=O) groups excluding carboxylic acids is 1. The lowest BCUT2D eigenvalue weighted by Crippen LogP contribution is -2.60. The number of hydrogen-bond acceptors (Lipinski definition) is 11. The van der Waals surface area contributed by atoms with E-state index in [9.17, 15) is 35.4 Å². The summed E-state index contributed by atoms with van der Waals surface area (Å²) in [6.07, 6.45) is -7.31. The Balaban J connectivity index is 1.60. The molecule has 0 amide bonds. The molecule has 6 N–H and O–H groups in total. The highest BCUT2D eigenvalue weighted by Gasteiger charge is 2.46. The third-order valence-electron chi connectivity index (χ3n) is 6.82. The van der Waals surface area contributed by atoms with E-state index in [-0.39, 0.29) is 30.3 Å². The van der Waals surface area contributed by atoms with Gasteiger partial charge in [0.15, 0.2) is 18.4 Å². The summed E-state index contributed by atoms with van der Waals surface area (Å²) in [5.74, 6) is 0.116. The smallest absolute Gasteiger partial charge is 0.187 e. The lowest BCUT2D eigenvalue weighted by Gasteiger charge is -2.42. The van der Waals surface area contributed by atoms with E-state index in [1.54, 1.807) is 19.1 Å². The molecule has 0 radical (unpaired) electrons. The molecule has 0 aromatic carbocycles. The fourth-order valence-electron chi connectivity index (χ4n) is 4.79. The number of aliphatic hydroxyl groups is 6. The number of ether oxygens (including phenoxy) is 4. The number of hydrogen-bond donors (Lipinski definition) is 6. The summed E-state index contributed by atoms with van der Waals surface area (Å²) in [7, 11) is 0. The van der Waals surface area contributed by atoms with Gasteiger partial charge in [-0.1, -0.05) is 31.6 Å². The van der Waals surface area contributed by atoms with Crippen LogP contribution in [0.3, 0.4) is 0 Å². The molecule has 2 saturated heterocycles. The van der Waals surface area contributed by atoms with E-state index in [1.165, 1.54) is 0 Å². The predicted molar refractivity (Wildman–Crippen MR) is 121 cm³/mol. The molecule has 1 aliphatic carbocycles. The number of allylic oxidation sites excluding steroid dienone is 3. The first-order valence-electron chi connectivity index (χ1n) is 11.8. The molecule has 0 bridgehead atoms. The van der Waals surface area contributed by atoms with Crippen LogP contribution in [0.5, 0.6) is 0 Å². The van der Waals surface area contributed by atoms with Crippen LogP contribution in [0, 0.1) is 11.3 Å². The standard InChI is InChI=1S/C24H38O11/c1-11-7-13(25)8-24(3,4)14(11)6-5-12(2)34-23-21(31)19(29)18(28)16(35-23)10-33-22-20(30)17(27)15(26)9-32-22/h5-7,12,14-23,26-31H,8-10H2,1-4H3/b6-5+/t12-,14-,15+,16-,17-,18+,19-,20-,21-,22-,23+/m0/s1. The summed E-state index contributed by atoms with van der Waals surface area (Å²) in [4.78, 5) is 11.9. The molecule has 0 aromatic heterocycles. The molecule has 3 aliphatic rings. The lowest BCUT2D eigenvalue weighted by molar-refractivity contribution is -0.324. The number of rotatable bonds is 7. The first-order chi connectivity index (χ1) is 16.3. The second kappa shape index (κ2) is 11.4. The van der Waals surface area contributed by atoms with E-state index in [4.69, 9.17) is 18.9 Å².